The number of amides is 1. The number of benzene rings is 2. The van der Waals surface area contributed by atoms with Gasteiger partial charge < -0.3 is 10.1 Å². The molecule has 0 atom stereocenters. The Morgan fingerprint density at radius 2 is 1.89 bits per heavy atom. The fraction of sp³-hybridized carbons (Fsp3) is 0.318. The predicted octanol–water partition coefficient (Wildman–Crippen LogP) is 3.45. The second-order valence-electron chi connectivity index (χ2n) is 7.09. The molecule has 2 aromatic carbocycles. The summed E-state index contributed by atoms with van der Waals surface area (Å²) in [6.45, 7) is 0.254. The number of fused-ring (bicyclic) bond motifs is 1. The van der Waals surface area contributed by atoms with Crippen LogP contribution in [0.2, 0.25) is 0 Å². The molecular weight excluding hydrogens is 354 g/mol. The minimum absolute atomic E-state index is 0.0506. The standard InChI is InChI=1S/C22H23N3O3/c1-28-17-10-6-7-15(13-17)21(26)23-14-20-18-11-4-5-12-19(18)22(27)25(24-20)16-8-2-3-9-16/h4-7,10-13,16H,2-3,8-9,14H2,1H3,(H,23,26). The topological polar surface area (TPSA) is 73.2 Å². The minimum atomic E-state index is -0.205. The molecule has 1 N–H and O–H groups in total. The summed E-state index contributed by atoms with van der Waals surface area (Å²) in [7, 11) is 1.57. The van der Waals surface area contributed by atoms with Crippen LogP contribution < -0.4 is 15.6 Å². The SMILES string of the molecule is COc1cccc(C(=O)NCc2nn(C3CCCC3)c(=O)c3ccccc23)c1. The highest BCUT2D eigenvalue weighted by atomic mass is 16.5. The summed E-state index contributed by atoms with van der Waals surface area (Å²) in [5, 5.41) is 9.00. The van der Waals surface area contributed by atoms with Crippen LogP contribution in [0.1, 0.15) is 47.8 Å². The number of carbonyl (C=O) groups is 1. The smallest absolute Gasteiger partial charge is 0.274 e. The van der Waals surface area contributed by atoms with Crippen LogP contribution >= 0.6 is 0 Å². The lowest BCUT2D eigenvalue weighted by Gasteiger charge is -2.16. The van der Waals surface area contributed by atoms with E-state index in [0.29, 0.717) is 22.4 Å². The van der Waals surface area contributed by atoms with Gasteiger partial charge in [-0.05, 0) is 37.1 Å². The number of aromatic nitrogens is 2. The van der Waals surface area contributed by atoms with Gasteiger partial charge in [0, 0.05) is 10.9 Å². The number of methoxy groups -OCH3 is 1. The molecule has 0 spiro atoms. The van der Waals surface area contributed by atoms with Gasteiger partial charge in [-0.3, -0.25) is 9.59 Å². The van der Waals surface area contributed by atoms with E-state index in [-0.39, 0.29) is 24.1 Å². The second kappa shape index (κ2) is 7.84. The van der Waals surface area contributed by atoms with Crippen molar-refractivity contribution in [2.45, 2.75) is 38.3 Å². The Morgan fingerprint density at radius 1 is 1.14 bits per heavy atom. The monoisotopic (exact) mass is 377 g/mol. The molecule has 6 heteroatoms. The second-order valence-corrected chi connectivity index (χ2v) is 7.09. The van der Waals surface area contributed by atoms with Crippen LogP contribution in [0, 0.1) is 0 Å². The Labute approximate surface area is 163 Å². The maximum Gasteiger partial charge on any atom is 0.274 e. The molecule has 0 aliphatic heterocycles. The molecule has 6 nitrogen and oxygen atoms in total. The van der Waals surface area contributed by atoms with Gasteiger partial charge in [0.1, 0.15) is 5.75 Å². The maximum absolute atomic E-state index is 12.9. The Hall–Kier alpha value is -3.15. The molecule has 4 rings (SSSR count). The molecular formula is C22H23N3O3. The predicted molar refractivity (Wildman–Crippen MR) is 108 cm³/mol. The molecule has 1 aliphatic carbocycles. The zero-order valence-corrected chi connectivity index (χ0v) is 15.9. The van der Waals surface area contributed by atoms with E-state index in [2.05, 4.69) is 10.4 Å². The van der Waals surface area contributed by atoms with Crippen molar-refractivity contribution >= 4 is 16.7 Å². The first kappa shape index (κ1) is 18.2. The number of nitrogens with zero attached hydrogens (tertiary/aromatic N) is 2. The van der Waals surface area contributed by atoms with Gasteiger partial charge in [0.2, 0.25) is 0 Å². The average molecular weight is 377 g/mol. The third kappa shape index (κ3) is 3.50. The van der Waals surface area contributed by atoms with Gasteiger partial charge in [-0.2, -0.15) is 5.10 Å². The Kier molecular flexibility index (Phi) is 5.10. The molecule has 1 heterocycles. The zero-order valence-electron chi connectivity index (χ0n) is 15.9. The number of hydrogen-bond acceptors (Lipinski definition) is 4. The van der Waals surface area contributed by atoms with Gasteiger partial charge in [-0.25, -0.2) is 4.68 Å². The molecule has 1 fully saturated rings. The van der Waals surface area contributed by atoms with E-state index in [9.17, 15) is 9.59 Å². The van der Waals surface area contributed by atoms with Crippen LogP contribution in [0.25, 0.3) is 10.8 Å². The van der Waals surface area contributed by atoms with Crippen LogP contribution in [0.15, 0.2) is 53.3 Å². The van der Waals surface area contributed by atoms with Gasteiger partial charge in [0.15, 0.2) is 0 Å². The van der Waals surface area contributed by atoms with E-state index in [0.717, 1.165) is 31.1 Å². The van der Waals surface area contributed by atoms with Crippen molar-refractivity contribution in [1.82, 2.24) is 15.1 Å². The van der Waals surface area contributed by atoms with Gasteiger partial charge in [-0.1, -0.05) is 37.1 Å². The number of hydrogen-bond donors (Lipinski definition) is 1. The lowest BCUT2D eigenvalue weighted by Crippen LogP contribution is -2.30. The van der Waals surface area contributed by atoms with E-state index in [1.54, 1.807) is 36.1 Å². The zero-order chi connectivity index (χ0) is 19.5. The summed E-state index contributed by atoms with van der Waals surface area (Å²) >= 11 is 0. The summed E-state index contributed by atoms with van der Waals surface area (Å²) in [5.74, 6) is 0.425. The highest BCUT2D eigenvalue weighted by molar-refractivity contribution is 5.94. The molecule has 1 aliphatic rings. The molecule has 1 saturated carbocycles. The molecule has 1 aromatic heterocycles. The first-order valence-electron chi connectivity index (χ1n) is 9.60. The van der Waals surface area contributed by atoms with Gasteiger partial charge >= 0.3 is 0 Å². The van der Waals surface area contributed by atoms with Crippen LogP contribution in [0.4, 0.5) is 0 Å². The molecule has 0 unspecified atom stereocenters. The highest BCUT2D eigenvalue weighted by Crippen LogP contribution is 2.28. The van der Waals surface area contributed by atoms with E-state index >= 15 is 0 Å². The minimum Gasteiger partial charge on any atom is -0.497 e. The number of rotatable bonds is 5. The van der Waals surface area contributed by atoms with Crippen LogP contribution in [-0.4, -0.2) is 22.8 Å². The van der Waals surface area contributed by atoms with Crippen LogP contribution in [0.5, 0.6) is 5.75 Å². The fourth-order valence-corrected chi connectivity index (χ4v) is 3.83. The summed E-state index contributed by atoms with van der Waals surface area (Å²) in [6.07, 6.45) is 4.18. The van der Waals surface area contributed by atoms with Crippen molar-refractivity contribution in [3.05, 3.63) is 70.1 Å². The molecule has 144 valence electrons. The Morgan fingerprint density at radius 3 is 2.64 bits per heavy atom. The van der Waals surface area contributed by atoms with Crippen molar-refractivity contribution in [2.24, 2.45) is 0 Å². The molecule has 0 bridgehead atoms. The van der Waals surface area contributed by atoms with E-state index in [4.69, 9.17) is 4.74 Å². The quantitative estimate of drug-likeness (QED) is 0.739. The maximum atomic E-state index is 12.9. The van der Waals surface area contributed by atoms with E-state index < -0.39 is 0 Å². The van der Waals surface area contributed by atoms with Crippen molar-refractivity contribution in [1.29, 1.82) is 0 Å². The van der Waals surface area contributed by atoms with Crippen molar-refractivity contribution in [3.8, 4) is 5.75 Å². The lowest BCUT2D eigenvalue weighted by atomic mass is 10.1. The number of ether oxygens (including phenoxy) is 1. The molecule has 28 heavy (non-hydrogen) atoms. The molecule has 0 radical (unpaired) electrons. The van der Waals surface area contributed by atoms with Crippen molar-refractivity contribution in [3.63, 3.8) is 0 Å². The Bertz CT molecular complexity index is 1070. The summed E-state index contributed by atoms with van der Waals surface area (Å²) in [4.78, 5) is 25.5. The number of carbonyl (C=O) groups excluding carboxylic acids is 1. The van der Waals surface area contributed by atoms with E-state index in [1.165, 1.54) is 0 Å². The summed E-state index contributed by atoms with van der Waals surface area (Å²) in [5.41, 5.74) is 1.18. The molecule has 0 saturated heterocycles. The van der Waals surface area contributed by atoms with Crippen molar-refractivity contribution < 1.29 is 9.53 Å². The average Bonchev–Trinajstić information content (AvgIpc) is 3.28. The van der Waals surface area contributed by atoms with Gasteiger partial charge in [-0.15, -0.1) is 0 Å². The largest absolute Gasteiger partial charge is 0.497 e. The van der Waals surface area contributed by atoms with Crippen molar-refractivity contribution in [2.75, 3.05) is 7.11 Å². The third-order valence-corrected chi connectivity index (χ3v) is 5.32. The third-order valence-electron chi connectivity index (χ3n) is 5.32. The van der Waals surface area contributed by atoms with Crippen LogP contribution in [0.3, 0.4) is 0 Å². The van der Waals surface area contributed by atoms with Crippen LogP contribution in [-0.2, 0) is 6.54 Å². The normalized spacial score (nSPS) is 14.3. The van der Waals surface area contributed by atoms with Gasteiger partial charge in [0.25, 0.3) is 11.5 Å². The molecule has 1 amide bonds. The number of nitrogens with one attached hydrogen (secondary N) is 1. The summed E-state index contributed by atoms with van der Waals surface area (Å²) in [6, 6.07) is 14.6. The first-order valence-corrected chi connectivity index (χ1v) is 9.60. The lowest BCUT2D eigenvalue weighted by molar-refractivity contribution is 0.0950. The fourth-order valence-electron chi connectivity index (χ4n) is 3.83. The highest BCUT2D eigenvalue weighted by Gasteiger charge is 2.21. The summed E-state index contributed by atoms with van der Waals surface area (Å²) < 4.78 is 6.81. The van der Waals surface area contributed by atoms with Gasteiger partial charge in [0.05, 0.1) is 30.8 Å². The Balaban J connectivity index is 1.65. The first-order chi connectivity index (χ1) is 13.7. The van der Waals surface area contributed by atoms with E-state index in [1.807, 2.05) is 24.3 Å². The molecule has 3 aromatic rings.